The largest absolute Gasteiger partial charge is 0.396 e. The maximum atomic E-state index is 9.34. The van der Waals surface area contributed by atoms with Gasteiger partial charge in [0.25, 0.3) is 0 Å². The minimum absolute atomic E-state index is 0.0177. The molecule has 1 aliphatic heterocycles. The number of aliphatic hydroxyl groups excluding tert-OH is 1. The lowest BCUT2D eigenvalue weighted by Gasteiger charge is -2.28. The number of hydrogen-bond acceptors (Lipinski definition) is 4. The maximum absolute atomic E-state index is 9.34. The van der Waals surface area contributed by atoms with Crippen molar-refractivity contribution in [2.24, 2.45) is 10.4 Å². The van der Waals surface area contributed by atoms with Crippen molar-refractivity contribution in [3.63, 3.8) is 0 Å². The van der Waals surface area contributed by atoms with Gasteiger partial charge in [0.05, 0.1) is 12.7 Å². The van der Waals surface area contributed by atoms with Crippen molar-refractivity contribution in [3.05, 3.63) is 35.4 Å². The Morgan fingerprint density at radius 3 is 3.04 bits per heavy atom. The van der Waals surface area contributed by atoms with Crippen LogP contribution < -0.4 is 10.6 Å². The monoisotopic (exact) mass is 389 g/mol. The zero-order valence-electron chi connectivity index (χ0n) is 17.1. The van der Waals surface area contributed by atoms with E-state index in [1.165, 1.54) is 24.0 Å². The summed E-state index contributed by atoms with van der Waals surface area (Å²) in [5.41, 5.74) is 2.82. The van der Waals surface area contributed by atoms with Gasteiger partial charge in [0.1, 0.15) is 0 Å². The Morgan fingerprint density at radius 2 is 2.25 bits per heavy atom. The predicted octanol–water partition coefficient (Wildman–Crippen LogP) is 2.42. The minimum Gasteiger partial charge on any atom is -0.396 e. The summed E-state index contributed by atoms with van der Waals surface area (Å²) >= 11 is 0. The molecule has 6 nitrogen and oxygen atoms in total. The molecule has 2 atom stereocenters. The quantitative estimate of drug-likeness (QED) is 0.344. The van der Waals surface area contributed by atoms with Crippen molar-refractivity contribution in [1.29, 1.82) is 0 Å². The number of aryl methyl sites for hydroxylation is 1. The second kappa shape index (κ2) is 10.8. The molecule has 0 radical (unpaired) electrons. The molecule has 0 aromatic heterocycles. The normalized spacial score (nSPS) is 24.8. The topological polar surface area (TPSA) is 75.1 Å². The molecule has 1 fully saturated rings. The van der Waals surface area contributed by atoms with Crippen molar-refractivity contribution in [3.8, 4) is 0 Å². The Bertz CT molecular complexity index is 629. The van der Waals surface area contributed by atoms with E-state index >= 15 is 0 Å². The van der Waals surface area contributed by atoms with E-state index in [-0.39, 0.29) is 18.1 Å². The molecule has 1 aromatic rings. The van der Waals surface area contributed by atoms with E-state index in [0.717, 1.165) is 57.9 Å². The first-order valence-corrected chi connectivity index (χ1v) is 10.6. The number of guanidine groups is 1. The van der Waals surface area contributed by atoms with Crippen LogP contribution in [0.4, 0.5) is 0 Å². The number of nitrogens with one attached hydrogen (secondary N) is 2. The van der Waals surface area contributed by atoms with Gasteiger partial charge in [-0.25, -0.2) is 0 Å². The standard InChI is InChI=1S/C22H35N3O3/c1-23-21(25-16-22(10-13-26)11-15-27-17-22)24-12-5-14-28-20-9-4-7-18-6-2-3-8-19(18)20/h2-3,6,8,20,26H,4-5,7,9-17H2,1H3,(H2,23,24,25). The first-order chi connectivity index (χ1) is 13.8. The lowest BCUT2D eigenvalue weighted by molar-refractivity contribution is 0.0398. The van der Waals surface area contributed by atoms with E-state index < -0.39 is 0 Å². The summed E-state index contributed by atoms with van der Waals surface area (Å²) in [4.78, 5) is 4.31. The highest BCUT2D eigenvalue weighted by Gasteiger charge is 2.34. The number of hydrogen-bond donors (Lipinski definition) is 3. The van der Waals surface area contributed by atoms with E-state index in [2.05, 4.69) is 39.9 Å². The highest BCUT2D eigenvalue weighted by molar-refractivity contribution is 5.79. The van der Waals surface area contributed by atoms with Crippen molar-refractivity contribution < 1.29 is 14.6 Å². The molecular weight excluding hydrogens is 354 g/mol. The van der Waals surface area contributed by atoms with Crippen LogP contribution in [0.2, 0.25) is 0 Å². The first-order valence-electron chi connectivity index (χ1n) is 10.6. The maximum Gasteiger partial charge on any atom is 0.190 e. The van der Waals surface area contributed by atoms with Gasteiger partial charge in [0, 0.05) is 45.4 Å². The lowest BCUT2D eigenvalue weighted by Crippen LogP contribution is -2.44. The van der Waals surface area contributed by atoms with Crippen LogP contribution >= 0.6 is 0 Å². The minimum atomic E-state index is 0.0177. The molecule has 3 N–H and O–H groups in total. The molecule has 2 unspecified atom stereocenters. The molecule has 156 valence electrons. The lowest BCUT2D eigenvalue weighted by atomic mass is 9.84. The number of aliphatic hydroxyl groups is 1. The van der Waals surface area contributed by atoms with Crippen molar-refractivity contribution in [2.45, 2.75) is 44.6 Å². The molecule has 0 bridgehead atoms. The van der Waals surface area contributed by atoms with Gasteiger partial charge in [0.15, 0.2) is 5.96 Å². The molecule has 6 heteroatoms. The Labute approximate surface area is 168 Å². The smallest absolute Gasteiger partial charge is 0.190 e. The van der Waals surface area contributed by atoms with E-state index in [0.29, 0.717) is 6.61 Å². The summed E-state index contributed by atoms with van der Waals surface area (Å²) in [7, 11) is 1.79. The second-order valence-electron chi connectivity index (χ2n) is 7.93. The number of ether oxygens (including phenoxy) is 2. The van der Waals surface area contributed by atoms with Gasteiger partial charge in [0.2, 0.25) is 0 Å². The van der Waals surface area contributed by atoms with Crippen LogP contribution in [0.15, 0.2) is 29.3 Å². The third-order valence-corrected chi connectivity index (χ3v) is 5.93. The Kier molecular flexibility index (Phi) is 8.13. The predicted molar refractivity (Wildman–Crippen MR) is 112 cm³/mol. The van der Waals surface area contributed by atoms with Gasteiger partial charge >= 0.3 is 0 Å². The number of aliphatic imine (C=N–C) groups is 1. The Hall–Kier alpha value is -1.63. The molecule has 3 rings (SSSR count). The van der Waals surface area contributed by atoms with Crippen molar-refractivity contribution >= 4 is 5.96 Å². The molecule has 1 aromatic carbocycles. The highest BCUT2D eigenvalue weighted by atomic mass is 16.5. The van der Waals surface area contributed by atoms with E-state index in [1.807, 2.05) is 0 Å². The number of nitrogens with zero attached hydrogens (tertiary/aromatic N) is 1. The van der Waals surface area contributed by atoms with E-state index in [9.17, 15) is 5.11 Å². The molecular formula is C22H35N3O3. The number of benzene rings is 1. The molecule has 1 aliphatic carbocycles. The molecule has 1 saturated heterocycles. The summed E-state index contributed by atoms with van der Waals surface area (Å²) in [5.74, 6) is 0.798. The molecule has 0 spiro atoms. The summed E-state index contributed by atoms with van der Waals surface area (Å²) in [6.07, 6.45) is 6.40. The van der Waals surface area contributed by atoms with Crippen LogP contribution in [0.1, 0.15) is 49.3 Å². The summed E-state index contributed by atoms with van der Waals surface area (Å²) in [6, 6.07) is 8.65. The average Bonchev–Trinajstić information content (AvgIpc) is 3.19. The van der Waals surface area contributed by atoms with E-state index in [1.54, 1.807) is 7.05 Å². The summed E-state index contributed by atoms with van der Waals surface area (Å²) < 4.78 is 11.7. The highest BCUT2D eigenvalue weighted by Crippen LogP contribution is 2.32. The fourth-order valence-corrected chi connectivity index (χ4v) is 4.19. The third kappa shape index (κ3) is 5.69. The van der Waals surface area contributed by atoms with Gasteiger partial charge in [-0.15, -0.1) is 0 Å². The van der Waals surface area contributed by atoms with Crippen LogP contribution in [0, 0.1) is 5.41 Å². The Morgan fingerprint density at radius 1 is 1.36 bits per heavy atom. The first kappa shape index (κ1) is 21.1. The zero-order chi connectivity index (χ0) is 19.7. The van der Waals surface area contributed by atoms with Gasteiger partial charge in [-0.05, 0) is 49.7 Å². The van der Waals surface area contributed by atoms with Gasteiger partial charge < -0.3 is 25.2 Å². The third-order valence-electron chi connectivity index (χ3n) is 5.93. The molecule has 2 aliphatic rings. The van der Waals surface area contributed by atoms with Crippen LogP contribution in [0.25, 0.3) is 0 Å². The van der Waals surface area contributed by atoms with Gasteiger partial charge in [-0.1, -0.05) is 24.3 Å². The molecule has 1 heterocycles. The van der Waals surface area contributed by atoms with Crippen LogP contribution in [0.3, 0.4) is 0 Å². The fourth-order valence-electron chi connectivity index (χ4n) is 4.19. The van der Waals surface area contributed by atoms with E-state index in [4.69, 9.17) is 9.47 Å². The van der Waals surface area contributed by atoms with Gasteiger partial charge in [-0.3, -0.25) is 4.99 Å². The SMILES string of the molecule is CN=C(NCCCOC1CCCc2ccccc21)NCC1(CCO)CCOC1. The fraction of sp³-hybridized carbons (Fsp3) is 0.682. The zero-order valence-corrected chi connectivity index (χ0v) is 17.1. The molecule has 0 saturated carbocycles. The molecule has 0 amide bonds. The summed E-state index contributed by atoms with van der Waals surface area (Å²) in [5, 5.41) is 16.1. The van der Waals surface area contributed by atoms with Gasteiger partial charge in [-0.2, -0.15) is 0 Å². The number of rotatable bonds is 9. The van der Waals surface area contributed by atoms with Crippen LogP contribution in [0.5, 0.6) is 0 Å². The second-order valence-corrected chi connectivity index (χ2v) is 7.93. The van der Waals surface area contributed by atoms with Crippen molar-refractivity contribution in [1.82, 2.24) is 10.6 Å². The average molecular weight is 390 g/mol. The van der Waals surface area contributed by atoms with Crippen molar-refractivity contribution in [2.75, 3.05) is 46.6 Å². The number of fused-ring (bicyclic) bond motifs is 1. The Balaban J connectivity index is 1.35. The van der Waals surface area contributed by atoms with Crippen LogP contribution in [-0.2, 0) is 15.9 Å². The summed E-state index contributed by atoms with van der Waals surface area (Å²) in [6.45, 7) is 3.99. The molecule has 28 heavy (non-hydrogen) atoms. The van der Waals surface area contributed by atoms with Crippen LogP contribution in [-0.4, -0.2) is 57.6 Å².